The van der Waals surface area contributed by atoms with Crippen molar-refractivity contribution in [2.24, 2.45) is 0 Å². The van der Waals surface area contributed by atoms with Gasteiger partial charge in [-0.3, -0.25) is 0 Å². The fourth-order valence-electron chi connectivity index (χ4n) is 1.92. The molecule has 2 rings (SSSR count). The van der Waals surface area contributed by atoms with Crippen LogP contribution in [0.4, 0.5) is 0 Å². The van der Waals surface area contributed by atoms with E-state index in [1.54, 1.807) is 12.3 Å². The average molecular weight is 288 g/mol. The Hall–Kier alpha value is -0.840. The second-order valence-electron chi connectivity index (χ2n) is 4.04. The van der Waals surface area contributed by atoms with Crippen LogP contribution in [0.3, 0.4) is 0 Å². The lowest BCUT2D eigenvalue weighted by Crippen LogP contribution is -2.15. The van der Waals surface area contributed by atoms with Gasteiger partial charge in [-0.15, -0.1) is 11.6 Å². The van der Waals surface area contributed by atoms with Crippen molar-refractivity contribution in [3.8, 4) is 0 Å². The number of hydrogen-bond acceptors (Lipinski definition) is 3. The van der Waals surface area contributed by atoms with Crippen molar-refractivity contribution in [3.63, 3.8) is 0 Å². The number of pyridine rings is 1. The van der Waals surface area contributed by atoms with Crippen LogP contribution in [-0.2, 0) is 10.6 Å². The minimum atomic E-state index is 0.136. The van der Waals surface area contributed by atoms with E-state index in [2.05, 4.69) is 16.9 Å². The zero-order valence-electron chi connectivity index (χ0n) is 10.4. The lowest BCUT2D eigenvalue weighted by molar-refractivity contribution is 0.119. The lowest BCUT2D eigenvalue weighted by atomic mass is 10.3. The van der Waals surface area contributed by atoms with Gasteiger partial charge in [-0.2, -0.15) is 0 Å². The van der Waals surface area contributed by atoms with Crippen LogP contribution >= 0.6 is 23.2 Å². The molecule has 0 aliphatic heterocycles. The molecule has 2 heterocycles. The van der Waals surface area contributed by atoms with Crippen molar-refractivity contribution >= 4 is 34.4 Å². The molecule has 0 amide bonds. The molecule has 0 saturated heterocycles. The normalized spacial score (nSPS) is 13.1. The topological polar surface area (TPSA) is 39.9 Å². The van der Waals surface area contributed by atoms with Crippen molar-refractivity contribution < 1.29 is 4.74 Å². The van der Waals surface area contributed by atoms with Gasteiger partial charge in [0.05, 0.1) is 23.6 Å². The van der Waals surface area contributed by atoms with E-state index >= 15 is 0 Å². The number of halogens is 2. The van der Waals surface area contributed by atoms with E-state index in [-0.39, 0.29) is 6.04 Å². The van der Waals surface area contributed by atoms with Crippen LogP contribution in [0.2, 0.25) is 5.02 Å². The predicted octanol–water partition coefficient (Wildman–Crippen LogP) is 3.42. The summed E-state index contributed by atoms with van der Waals surface area (Å²) in [6.45, 7) is 5.32. The molecule has 0 radical (unpaired) electrons. The maximum atomic E-state index is 5.94. The number of alkyl halides is 1. The number of ether oxygens (including phenoxy) is 1. The Morgan fingerprint density at radius 2 is 2.28 bits per heavy atom. The van der Waals surface area contributed by atoms with Gasteiger partial charge < -0.3 is 9.30 Å². The quantitative estimate of drug-likeness (QED) is 0.791. The second-order valence-corrected chi connectivity index (χ2v) is 4.74. The number of hydrogen-bond donors (Lipinski definition) is 0. The SMILES string of the molecule is CCOCC(C)n1c(CCl)nc2cc(Cl)cnc21. The molecule has 0 fully saturated rings. The van der Waals surface area contributed by atoms with Crippen LogP contribution in [0, 0.1) is 0 Å². The van der Waals surface area contributed by atoms with Gasteiger partial charge in [0.1, 0.15) is 11.3 Å². The molecule has 98 valence electrons. The lowest BCUT2D eigenvalue weighted by Gasteiger charge is -2.15. The molecule has 1 atom stereocenters. The van der Waals surface area contributed by atoms with Gasteiger partial charge in [0.15, 0.2) is 5.65 Å². The van der Waals surface area contributed by atoms with Crippen molar-refractivity contribution in [2.45, 2.75) is 25.8 Å². The van der Waals surface area contributed by atoms with Crippen LogP contribution in [0.5, 0.6) is 0 Å². The highest BCUT2D eigenvalue weighted by Gasteiger charge is 2.16. The summed E-state index contributed by atoms with van der Waals surface area (Å²) in [4.78, 5) is 8.78. The van der Waals surface area contributed by atoms with Crippen LogP contribution in [0.15, 0.2) is 12.3 Å². The Balaban J connectivity index is 2.46. The third kappa shape index (κ3) is 2.60. The Morgan fingerprint density at radius 3 is 2.94 bits per heavy atom. The van der Waals surface area contributed by atoms with E-state index in [0.29, 0.717) is 24.1 Å². The smallest absolute Gasteiger partial charge is 0.160 e. The molecule has 0 spiro atoms. The molecule has 18 heavy (non-hydrogen) atoms. The monoisotopic (exact) mass is 287 g/mol. The van der Waals surface area contributed by atoms with Crippen molar-refractivity contribution in [2.75, 3.05) is 13.2 Å². The minimum Gasteiger partial charge on any atom is -0.380 e. The first-order valence-electron chi connectivity index (χ1n) is 5.83. The summed E-state index contributed by atoms with van der Waals surface area (Å²) in [5.74, 6) is 1.12. The summed E-state index contributed by atoms with van der Waals surface area (Å²) in [6, 6.07) is 1.93. The molecule has 0 aliphatic rings. The third-order valence-corrected chi connectivity index (χ3v) is 3.14. The first-order valence-corrected chi connectivity index (χ1v) is 6.74. The molecule has 6 heteroatoms. The van der Waals surface area contributed by atoms with Crippen LogP contribution in [0.25, 0.3) is 11.2 Å². The van der Waals surface area contributed by atoms with E-state index < -0.39 is 0 Å². The minimum absolute atomic E-state index is 0.136. The summed E-state index contributed by atoms with van der Waals surface area (Å²) in [7, 11) is 0. The Kier molecular flexibility index (Phi) is 4.43. The molecule has 0 saturated carbocycles. The molecule has 0 N–H and O–H groups in total. The Morgan fingerprint density at radius 1 is 1.50 bits per heavy atom. The van der Waals surface area contributed by atoms with E-state index in [0.717, 1.165) is 17.0 Å². The van der Waals surface area contributed by atoms with Gasteiger partial charge in [-0.1, -0.05) is 11.6 Å². The van der Waals surface area contributed by atoms with Gasteiger partial charge in [0.2, 0.25) is 0 Å². The molecule has 0 aromatic carbocycles. The van der Waals surface area contributed by atoms with Crippen LogP contribution in [0.1, 0.15) is 25.7 Å². The highest BCUT2D eigenvalue weighted by molar-refractivity contribution is 6.31. The third-order valence-electron chi connectivity index (χ3n) is 2.69. The summed E-state index contributed by atoms with van der Waals surface area (Å²) in [6.07, 6.45) is 1.62. The van der Waals surface area contributed by atoms with Gasteiger partial charge in [0, 0.05) is 12.8 Å². The number of fused-ring (bicyclic) bond motifs is 1. The fraction of sp³-hybridized carbons (Fsp3) is 0.500. The standard InChI is InChI=1S/C12H15Cl2N3O/c1-3-18-7-8(2)17-11(5-13)16-10-4-9(14)6-15-12(10)17/h4,6,8H,3,5,7H2,1-2H3. The van der Waals surface area contributed by atoms with Crippen molar-refractivity contribution in [3.05, 3.63) is 23.1 Å². The highest BCUT2D eigenvalue weighted by Crippen LogP contribution is 2.23. The van der Waals surface area contributed by atoms with E-state index in [9.17, 15) is 0 Å². The largest absolute Gasteiger partial charge is 0.380 e. The summed E-state index contributed by atoms with van der Waals surface area (Å²) in [5.41, 5.74) is 1.56. The fourth-order valence-corrected chi connectivity index (χ4v) is 2.27. The molecule has 1 unspecified atom stereocenters. The van der Waals surface area contributed by atoms with Gasteiger partial charge >= 0.3 is 0 Å². The predicted molar refractivity (Wildman–Crippen MR) is 73.3 cm³/mol. The van der Waals surface area contributed by atoms with E-state index in [1.165, 1.54) is 0 Å². The zero-order chi connectivity index (χ0) is 13.1. The molecular formula is C12H15Cl2N3O. The molecule has 2 aromatic heterocycles. The first-order chi connectivity index (χ1) is 8.67. The zero-order valence-corrected chi connectivity index (χ0v) is 11.9. The maximum absolute atomic E-state index is 5.94. The van der Waals surface area contributed by atoms with Gasteiger partial charge in [0.25, 0.3) is 0 Å². The summed E-state index contributed by atoms with van der Waals surface area (Å²) < 4.78 is 7.45. The highest BCUT2D eigenvalue weighted by atomic mass is 35.5. The van der Waals surface area contributed by atoms with Crippen LogP contribution in [-0.4, -0.2) is 27.7 Å². The average Bonchev–Trinajstić information content (AvgIpc) is 2.73. The Bertz CT molecular complexity index is 541. The molecule has 4 nitrogen and oxygen atoms in total. The number of nitrogens with zero attached hydrogens (tertiary/aromatic N) is 3. The van der Waals surface area contributed by atoms with Gasteiger partial charge in [-0.25, -0.2) is 9.97 Å². The molecule has 0 aliphatic carbocycles. The maximum Gasteiger partial charge on any atom is 0.160 e. The number of rotatable bonds is 5. The molecule has 2 aromatic rings. The second kappa shape index (κ2) is 5.87. The first kappa shape index (κ1) is 13.6. The number of imidazole rings is 1. The summed E-state index contributed by atoms with van der Waals surface area (Å²) in [5, 5.41) is 0.575. The molecular weight excluding hydrogens is 273 g/mol. The van der Waals surface area contributed by atoms with E-state index in [1.807, 2.05) is 11.5 Å². The van der Waals surface area contributed by atoms with Crippen molar-refractivity contribution in [1.29, 1.82) is 0 Å². The summed E-state index contributed by atoms with van der Waals surface area (Å²) >= 11 is 11.9. The molecule has 0 bridgehead atoms. The van der Waals surface area contributed by atoms with E-state index in [4.69, 9.17) is 27.9 Å². The van der Waals surface area contributed by atoms with Crippen LogP contribution < -0.4 is 0 Å². The Labute approximate surface area is 116 Å². The van der Waals surface area contributed by atoms with Gasteiger partial charge in [-0.05, 0) is 19.9 Å². The van der Waals surface area contributed by atoms with Crippen molar-refractivity contribution in [1.82, 2.24) is 14.5 Å². The number of aromatic nitrogens is 3.